The second kappa shape index (κ2) is 9.30. The monoisotopic (exact) mass is 474 g/mol. The maximum atomic E-state index is 12.7. The number of carbonyl (C=O) groups excluding carboxylic acids is 1. The van der Waals surface area contributed by atoms with Crippen LogP contribution in [-0.2, 0) is 0 Å². The Morgan fingerprint density at radius 3 is 2.53 bits per heavy atom. The molecule has 0 bridgehead atoms. The Morgan fingerprint density at radius 2 is 1.72 bits per heavy atom. The van der Waals surface area contributed by atoms with Crippen molar-refractivity contribution in [3.8, 4) is 11.1 Å². The van der Waals surface area contributed by atoms with E-state index in [2.05, 4.69) is 35.8 Å². The first kappa shape index (κ1) is 21.5. The number of benzene rings is 2. The van der Waals surface area contributed by atoms with Crippen LogP contribution >= 0.6 is 0 Å². The molecule has 0 saturated carbocycles. The highest BCUT2D eigenvalue weighted by molar-refractivity contribution is 6.12. The molecule has 1 aliphatic heterocycles. The number of fused-ring (bicyclic) bond motifs is 1. The molecule has 36 heavy (non-hydrogen) atoms. The number of aromatic nitrogens is 4. The summed E-state index contributed by atoms with van der Waals surface area (Å²) in [7, 11) is 0. The summed E-state index contributed by atoms with van der Waals surface area (Å²) in [5.41, 5.74) is 6.01. The number of rotatable bonds is 5. The first-order chi connectivity index (χ1) is 17.7. The summed E-state index contributed by atoms with van der Waals surface area (Å²) in [6.07, 6.45) is 7.68. The smallest absolute Gasteiger partial charge is 0.272 e. The molecule has 9 heteroatoms. The predicted molar refractivity (Wildman–Crippen MR) is 142 cm³/mol. The van der Waals surface area contributed by atoms with Crippen LogP contribution in [0.1, 0.15) is 22.5 Å². The van der Waals surface area contributed by atoms with Crippen molar-refractivity contribution in [2.24, 2.45) is 9.98 Å². The van der Waals surface area contributed by atoms with Crippen LogP contribution in [0.15, 0.2) is 95.4 Å². The highest BCUT2D eigenvalue weighted by atomic mass is 16.1. The first-order valence-electron chi connectivity index (χ1n) is 11.5. The Labute approximate surface area is 206 Å². The van der Waals surface area contributed by atoms with E-state index in [4.69, 9.17) is 4.99 Å². The second-order valence-electron chi connectivity index (χ2n) is 8.38. The van der Waals surface area contributed by atoms with Gasteiger partial charge < -0.3 is 15.6 Å². The van der Waals surface area contributed by atoms with E-state index >= 15 is 0 Å². The molecule has 0 saturated heterocycles. The third-order valence-electron chi connectivity index (χ3n) is 5.92. The molecule has 0 atom stereocenters. The topological polar surface area (TPSA) is 123 Å². The number of hydrogen-bond acceptors (Lipinski definition) is 6. The van der Waals surface area contributed by atoms with Crippen LogP contribution in [0, 0.1) is 0 Å². The summed E-state index contributed by atoms with van der Waals surface area (Å²) in [4.78, 5) is 29.2. The fourth-order valence-electron chi connectivity index (χ4n) is 4.08. The van der Waals surface area contributed by atoms with Gasteiger partial charge in [-0.25, -0.2) is 4.99 Å². The van der Waals surface area contributed by atoms with E-state index in [0.717, 1.165) is 45.5 Å². The molecule has 0 aliphatic carbocycles. The third-order valence-corrected chi connectivity index (χ3v) is 5.92. The zero-order chi connectivity index (χ0) is 24.3. The minimum absolute atomic E-state index is 0.211. The van der Waals surface area contributed by atoms with E-state index in [1.165, 1.54) is 0 Å². The lowest BCUT2D eigenvalue weighted by Gasteiger charge is -2.15. The van der Waals surface area contributed by atoms with Gasteiger partial charge in [0, 0.05) is 65.0 Å². The molecule has 0 fully saturated rings. The van der Waals surface area contributed by atoms with E-state index in [0.29, 0.717) is 23.8 Å². The number of aliphatic imine (C=N–C) groups is 2. The number of nitrogens with one attached hydrogen (secondary N) is 4. The molecular weight excluding hydrogens is 452 g/mol. The Hall–Kier alpha value is -5.05. The Morgan fingerprint density at radius 1 is 0.889 bits per heavy atom. The zero-order valence-electron chi connectivity index (χ0n) is 19.2. The van der Waals surface area contributed by atoms with Gasteiger partial charge in [-0.3, -0.25) is 19.9 Å². The summed E-state index contributed by atoms with van der Waals surface area (Å²) in [5, 5.41) is 14.1. The maximum absolute atomic E-state index is 12.7. The lowest BCUT2D eigenvalue weighted by molar-refractivity contribution is 0.102. The van der Waals surface area contributed by atoms with Crippen molar-refractivity contribution in [1.29, 1.82) is 0 Å². The lowest BCUT2D eigenvalue weighted by atomic mass is 10.1. The van der Waals surface area contributed by atoms with Gasteiger partial charge in [-0.15, -0.1) is 0 Å². The fraction of sp³-hybridized carbons (Fsp3) is 0.0741. The number of aromatic amines is 2. The predicted octanol–water partition coefficient (Wildman–Crippen LogP) is 4.87. The van der Waals surface area contributed by atoms with E-state index < -0.39 is 0 Å². The summed E-state index contributed by atoms with van der Waals surface area (Å²) >= 11 is 0. The van der Waals surface area contributed by atoms with Crippen LogP contribution in [0.5, 0.6) is 0 Å². The summed E-state index contributed by atoms with van der Waals surface area (Å²) < 4.78 is 0. The van der Waals surface area contributed by atoms with Crippen molar-refractivity contribution >= 4 is 39.9 Å². The van der Waals surface area contributed by atoms with E-state index in [1.54, 1.807) is 30.7 Å². The van der Waals surface area contributed by atoms with E-state index in [-0.39, 0.29) is 5.91 Å². The van der Waals surface area contributed by atoms with Gasteiger partial charge in [-0.2, -0.15) is 5.10 Å². The number of amidine groups is 2. The number of H-pyrrole nitrogens is 2. The zero-order valence-corrected chi connectivity index (χ0v) is 19.2. The molecule has 176 valence electrons. The number of amides is 1. The largest absolute Gasteiger partial charge is 0.350 e. The summed E-state index contributed by atoms with van der Waals surface area (Å²) in [6.45, 7) is 0.649. The fourth-order valence-corrected chi connectivity index (χ4v) is 4.08. The number of nitrogens with zero attached hydrogens (tertiary/aromatic N) is 4. The van der Waals surface area contributed by atoms with Crippen LogP contribution in [0.3, 0.4) is 0 Å². The molecule has 9 nitrogen and oxygen atoms in total. The quantitative estimate of drug-likeness (QED) is 0.290. The molecular formula is C27H22N8O. The van der Waals surface area contributed by atoms with E-state index in [1.807, 2.05) is 54.7 Å². The van der Waals surface area contributed by atoms with Gasteiger partial charge in [0.1, 0.15) is 11.5 Å². The van der Waals surface area contributed by atoms with E-state index in [9.17, 15) is 4.79 Å². The van der Waals surface area contributed by atoms with Gasteiger partial charge in [0.25, 0.3) is 5.91 Å². The van der Waals surface area contributed by atoms with Crippen LogP contribution in [-0.4, -0.2) is 44.3 Å². The van der Waals surface area contributed by atoms with Gasteiger partial charge in [-0.1, -0.05) is 24.3 Å². The minimum atomic E-state index is -0.211. The van der Waals surface area contributed by atoms with Crippen molar-refractivity contribution < 1.29 is 4.79 Å². The van der Waals surface area contributed by atoms with Gasteiger partial charge in [0.05, 0.1) is 6.20 Å². The molecule has 2 aromatic carbocycles. The maximum Gasteiger partial charge on any atom is 0.272 e. The lowest BCUT2D eigenvalue weighted by Crippen LogP contribution is -2.20. The number of carbonyl (C=O) groups is 1. The number of pyridine rings is 1. The van der Waals surface area contributed by atoms with Crippen molar-refractivity contribution in [3.05, 3.63) is 96.7 Å². The normalized spacial score (nSPS) is 13.2. The SMILES string of the molecule is O=C(Nc1ccncc1)c1cc2ccc(C3=NCCC(Nc4ccc(-c5cn[nH]c5)cc4)=N3)cc2[nH]1. The molecule has 3 aromatic heterocycles. The standard InChI is InChI=1S/C27H22N8O/c36-27(33-22-7-10-28-11-8-22)24-13-18-1-2-19(14-23(18)34-24)26-29-12-9-25(35-26)32-21-5-3-17(4-6-21)20-15-30-31-16-20/h1-8,10-11,13-16,34H,9,12H2,(H,30,31)(H,28,33,36)(H,29,32,35). The Kier molecular flexibility index (Phi) is 5.55. The van der Waals surface area contributed by atoms with Crippen LogP contribution in [0.2, 0.25) is 0 Å². The average Bonchev–Trinajstić information content (AvgIpc) is 3.60. The Bertz CT molecular complexity index is 1580. The molecule has 0 radical (unpaired) electrons. The second-order valence-corrected chi connectivity index (χ2v) is 8.38. The van der Waals surface area contributed by atoms with Gasteiger partial charge in [0.15, 0.2) is 5.84 Å². The summed E-state index contributed by atoms with van der Waals surface area (Å²) in [5.74, 6) is 1.32. The van der Waals surface area contributed by atoms with Gasteiger partial charge >= 0.3 is 0 Å². The van der Waals surface area contributed by atoms with Crippen molar-refractivity contribution in [2.45, 2.75) is 6.42 Å². The molecule has 0 spiro atoms. The van der Waals surface area contributed by atoms with Crippen LogP contribution in [0.4, 0.5) is 11.4 Å². The van der Waals surface area contributed by atoms with Gasteiger partial charge in [0.2, 0.25) is 0 Å². The molecule has 6 rings (SSSR count). The molecule has 1 amide bonds. The highest BCUT2D eigenvalue weighted by Crippen LogP contribution is 2.22. The highest BCUT2D eigenvalue weighted by Gasteiger charge is 2.14. The van der Waals surface area contributed by atoms with Crippen LogP contribution in [0.25, 0.3) is 22.0 Å². The van der Waals surface area contributed by atoms with Crippen LogP contribution < -0.4 is 10.6 Å². The van der Waals surface area contributed by atoms with Crippen molar-refractivity contribution in [1.82, 2.24) is 20.2 Å². The van der Waals surface area contributed by atoms with Crippen molar-refractivity contribution in [2.75, 3.05) is 17.2 Å². The summed E-state index contributed by atoms with van der Waals surface area (Å²) in [6, 6.07) is 19.4. The average molecular weight is 475 g/mol. The first-order valence-corrected chi connectivity index (χ1v) is 11.5. The molecule has 4 heterocycles. The number of hydrogen-bond donors (Lipinski definition) is 4. The minimum Gasteiger partial charge on any atom is -0.350 e. The van der Waals surface area contributed by atoms with Gasteiger partial charge in [-0.05, 0) is 42.0 Å². The molecule has 5 aromatic rings. The molecule has 4 N–H and O–H groups in total. The molecule has 1 aliphatic rings. The molecule has 0 unspecified atom stereocenters. The van der Waals surface area contributed by atoms with Crippen molar-refractivity contribution in [3.63, 3.8) is 0 Å². The Balaban J connectivity index is 1.18. The third kappa shape index (κ3) is 4.49. The number of anilines is 2.